The molecule has 5 rings (SSSR count). The van der Waals surface area contributed by atoms with Gasteiger partial charge in [0.15, 0.2) is 0 Å². The van der Waals surface area contributed by atoms with Crippen molar-refractivity contribution in [1.29, 1.82) is 0 Å². The van der Waals surface area contributed by atoms with E-state index < -0.39 is 10.0 Å². The Kier molecular flexibility index (Phi) is 6.15. The van der Waals surface area contributed by atoms with Crippen LogP contribution in [0.2, 0.25) is 0 Å². The Morgan fingerprint density at radius 2 is 1.52 bits per heavy atom. The summed E-state index contributed by atoms with van der Waals surface area (Å²) in [6, 6.07) is 7.74. The minimum Gasteiger partial charge on any atom is -0.315 e. The Morgan fingerprint density at radius 3 is 2.32 bits per heavy atom. The van der Waals surface area contributed by atoms with Gasteiger partial charge in [-0.15, -0.1) is 10.2 Å². The molecule has 2 aromatic rings. The maximum atomic E-state index is 13.4. The smallest absolute Gasteiger partial charge is 0.243 e. The first-order valence-electron chi connectivity index (χ1n) is 12.1. The highest BCUT2D eigenvalue weighted by Crippen LogP contribution is 2.34. The quantitative estimate of drug-likeness (QED) is 0.693. The molecule has 1 saturated carbocycles. The summed E-state index contributed by atoms with van der Waals surface area (Å²) in [5.41, 5.74) is 1.29. The third-order valence-corrected chi connectivity index (χ3v) is 9.36. The van der Waals surface area contributed by atoms with Crippen LogP contribution < -0.4 is 0 Å². The van der Waals surface area contributed by atoms with Crippen molar-refractivity contribution in [1.82, 2.24) is 19.1 Å². The standard InChI is InChI=1S/C24H34N4O2S/c29-31(30,22-14-12-20(13-15-22)19-8-3-1-4-9-19)27-16-7-10-21(18-27)24-26-25-23-11-5-2-6-17-28(23)24/h12-15,19,21H,1-11,16-18H2/t21-/m1/s1. The molecule has 0 N–H and O–H groups in total. The summed E-state index contributed by atoms with van der Waals surface area (Å²) in [7, 11) is -3.49. The molecule has 1 aromatic heterocycles. The first-order valence-corrected chi connectivity index (χ1v) is 13.6. The minimum atomic E-state index is -3.49. The van der Waals surface area contributed by atoms with Crippen molar-refractivity contribution in [3.05, 3.63) is 41.5 Å². The molecule has 0 amide bonds. The van der Waals surface area contributed by atoms with Crippen LogP contribution in [0.5, 0.6) is 0 Å². The molecule has 168 valence electrons. The fourth-order valence-corrected chi connectivity index (χ4v) is 7.20. The van der Waals surface area contributed by atoms with Crippen LogP contribution in [0.3, 0.4) is 0 Å². The van der Waals surface area contributed by atoms with Crippen molar-refractivity contribution < 1.29 is 8.42 Å². The number of rotatable bonds is 4. The highest BCUT2D eigenvalue weighted by Gasteiger charge is 2.33. The van der Waals surface area contributed by atoms with Crippen LogP contribution in [0, 0.1) is 0 Å². The van der Waals surface area contributed by atoms with Gasteiger partial charge < -0.3 is 4.57 Å². The van der Waals surface area contributed by atoms with Crippen molar-refractivity contribution in [3.8, 4) is 0 Å². The lowest BCUT2D eigenvalue weighted by Crippen LogP contribution is -2.39. The van der Waals surface area contributed by atoms with Crippen LogP contribution in [0.15, 0.2) is 29.2 Å². The Balaban J connectivity index is 1.33. The molecule has 6 nitrogen and oxygen atoms in total. The Bertz CT molecular complexity index is 993. The normalized spacial score (nSPS) is 23.9. The Hall–Kier alpha value is -1.73. The largest absolute Gasteiger partial charge is 0.315 e. The number of hydrogen-bond donors (Lipinski definition) is 0. The summed E-state index contributed by atoms with van der Waals surface area (Å²) in [6.45, 7) is 2.05. The second kappa shape index (κ2) is 9.02. The molecule has 1 atom stereocenters. The van der Waals surface area contributed by atoms with E-state index in [-0.39, 0.29) is 5.92 Å². The second-order valence-corrected chi connectivity index (χ2v) is 11.5. The molecule has 3 heterocycles. The maximum Gasteiger partial charge on any atom is 0.243 e. The number of piperidine rings is 1. The molecule has 31 heavy (non-hydrogen) atoms. The van der Waals surface area contributed by atoms with Gasteiger partial charge in [0, 0.05) is 32.0 Å². The molecule has 0 bridgehead atoms. The van der Waals surface area contributed by atoms with Gasteiger partial charge in [-0.25, -0.2) is 8.42 Å². The summed E-state index contributed by atoms with van der Waals surface area (Å²) in [5, 5.41) is 8.94. The van der Waals surface area contributed by atoms with Crippen LogP contribution in [-0.4, -0.2) is 40.6 Å². The van der Waals surface area contributed by atoms with E-state index in [1.807, 2.05) is 24.3 Å². The van der Waals surface area contributed by atoms with E-state index in [2.05, 4.69) is 14.8 Å². The van der Waals surface area contributed by atoms with Gasteiger partial charge in [0.25, 0.3) is 0 Å². The molecular formula is C24H34N4O2S. The number of fused-ring (bicyclic) bond motifs is 1. The average Bonchev–Trinajstić information content (AvgIpc) is 3.08. The van der Waals surface area contributed by atoms with Gasteiger partial charge in [-0.05, 0) is 62.1 Å². The predicted molar refractivity (Wildman–Crippen MR) is 121 cm³/mol. The molecule has 2 fully saturated rings. The fourth-order valence-electron chi connectivity index (χ4n) is 5.68. The van der Waals surface area contributed by atoms with E-state index in [0.717, 1.165) is 43.9 Å². The van der Waals surface area contributed by atoms with Crippen LogP contribution in [-0.2, 0) is 23.0 Å². The number of aromatic nitrogens is 3. The van der Waals surface area contributed by atoms with E-state index in [1.165, 1.54) is 50.5 Å². The lowest BCUT2D eigenvalue weighted by Gasteiger charge is -2.31. The topological polar surface area (TPSA) is 68.1 Å². The average molecular weight is 443 g/mol. The molecule has 1 aliphatic carbocycles. The lowest BCUT2D eigenvalue weighted by molar-refractivity contribution is 0.304. The van der Waals surface area contributed by atoms with Crippen LogP contribution in [0.25, 0.3) is 0 Å². The molecule has 2 aliphatic heterocycles. The molecule has 0 radical (unpaired) electrons. The second-order valence-electron chi connectivity index (χ2n) is 9.54. The number of nitrogens with zero attached hydrogens (tertiary/aromatic N) is 4. The highest BCUT2D eigenvalue weighted by molar-refractivity contribution is 7.89. The summed E-state index contributed by atoms with van der Waals surface area (Å²) in [6.07, 6.45) is 12.7. The van der Waals surface area contributed by atoms with Gasteiger partial charge in [-0.3, -0.25) is 0 Å². The molecule has 1 saturated heterocycles. The van der Waals surface area contributed by atoms with Crippen molar-refractivity contribution in [2.45, 2.75) is 93.9 Å². The third kappa shape index (κ3) is 4.31. The lowest BCUT2D eigenvalue weighted by atomic mass is 9.84. The van der Waals surface area contributed by atoms with E-state index in [1.54, 1.807) is 4.31 Å². The third-order valence-electron chi connectivity index (χ3n) is 7.48. The Labute approximate surface area is 186 Å². The van der Waals surface area contributed by atoms with Crippen molar-refractivity contribution in [2.24, 2.45) is 0 Å². The molecular weight excluding hydrogens is 408 g/mol. The van der Waals surface area contributed by atoms with Gasteiger partial charge in [-0.2, -0.15) is 4.31 Å². The van der Waals surface area contributed by atoms with Crippen LogP contribution in [0.1, 0.15) is 93.3 Å². The number of benzene rings is 1. The zero-order chi connectivity index (χ0) is 21.3. The van der Waals surface area contributed by atoms with Crippen LogP contribution >= 0.6 is 0 Å². The molecule has 7 heteroatoms. The molecule has 1 aromatic carbocycles. The maximum absolute atomic E-state index is 13.4. The monoisotopic (exact) mass is 442 g/mol. The van der Waals surface area contributed by atoms with E-state index in [4.69, 9.17) is 0 Å². The summed E-state index contributed by atoms with van der Waals surface area (Å²) in [4.78, 5) is 0.424. The molecule has 3 aliphatic rings. The molecule has 0 spiro atoms. The minimum absolute atomic E-state index is 0.129. The van der Waals surface area contributed by atoms with E-state index in [0.29, 0.717) is 23.9 Å². The number of sulfonamides is 1. The zero-order valence-electron chi connectivity index (χ0n) is 18.4. The summed E-state index contributed by atoms with van der Waals surface area (Å²) < 4.78 is 30.8. The van der Waals surface area contributed by atoms with Crippen LogP contribution in [0.4, 0.5) is 0 Å². The van der Waals surface area contributed by atoms with Gasteiger partial charge in [0.1, 0.15) is 11.6 Å². The summed E-state index contributed by atoms with van der Waals surface area (Å²) in [5.74, 6) is 2.78. The Morgan fingerprint density at radius 1 is 0.774 bits per heavy atom. The van der Waals surface area contributed by atoms with Gasteiger partial charge in [0.2, 0.25) is 10.0 Å². The predicted octanol–water partition coefficient (Wildman–Crippen LogP) is 4.62. The van der Waals surface area contributed by atoms with Crippen molar-refractivity contribution in [2.75, 3.05) is 13.1 Å². The van der Waals surface area contributed by atoms with Crippen molar-refractivity contribution in [3.63, 3.8) is 0 Å². The van der Waals surface area contributed by atoms with Crippen molar-refractivity contribution >= 4 is 10.0 Å². The number of aryl methyl sites for hydroxylation is 1. The first kappa shape index (κ1) is 21.1. The highest BCUT2D eigenvalue weighted by atomic mass is 32.2. The first-order chi connectivity index (χ1) is 15.1. The van der Waals surface area contributed by atoms with Gasteiger partial charge in [0.05, 0.1) is 4.90 Å². The number of hydrogen-bond acceptors (Lipinski definition) is 4. The van der Waals surface area contributed by atoms with E-state index >= 15 is 0 Å². The molecule has 0 unspecified atom stereocenters. The zero-order valence-corrected chi connectivity index (χ0v) is 19.2. The summed E-state index contributed by atoms with van der Waals surface area (Å²) >= 11 is 0. The SMILES string of the molecule is O=S(=O)(c1ccc(C2CCCCC2)cc1)N1CCC[C@@H](c2nnc3n2CCCCC3)C1. The van der Waals surface area contributed by atoms with E-state index in [9.17, 15) is 8.42 Å². The van der Waals surface area contributed by atoms with Gasteiger partial charge >= 0.3 is 0 Å². The fraction of sp³-hybridized carbons (Fsp3) is 0.667. The van der Waals surface area contributed by atoms with Gasteiger partial charge in [-0.1, -0.05) is 37.8 Å².